The molecule has 0 saturated heterocycles. The van der Waals surface area contributed by atoms with Crippen molar-refractivity contribution in [3.05, 3.63) is 282 Å². The quantitative estimate of drug-likeness (QED) is 0.156. The van der Waals surface area contributed by atoms with Gasteiger partial charge in [0.05, 0.1) is 6.85 Å². The van der Waals surface area contributed by atoms with Crippen LogP contribution in [-0.2, 0) is 48.7 Å². The Labute approximate surface area is 752 Å². The standard InChI is InChI=1S/3C16H26.C14H22.2C12H18.2C10H14.8CH4/c3*1-11(2)13-9-8-10-14(12(3)4)15(13)16(5,6)7;1-13(2,3)11-9-7-8-10-12(11)14(4,5)6;2*1-9-7-6-8-10(2)11(9)12(3,4)5;2*1-10(2,3)9-7-5-4-6-8-9;;;;;;;;/h3*8-12H,1-7H3;7-10H,1-6H3;2*6-8H,1-5H3;2*4-8H,1-3H3;8*1H4/i1D3,2D3,3D3,4D3,11D,12D;11D,12D;;;1D3;;4D,5D,6D,7D,8D;;;;;;;;;. The number of hydrogen-bond acceptors (Lipinski definition) is 0. The van der Waals surface area contributed by atoms with Gasteiger partial charge in [0.25, 0.3) is 0 Å². The van der Waals surface area contributed by atoms with Gasteiger partial charge in [-0.3, -0.25) is 0 Å². The van der Waals surface area contributed by atoms with Gasteiger partial charge in [-0.1, -0.05) is 505 Å². The number of hydrogen-bond donors (Lipinski definition) is 0. The van der Waals surface area contributed by atoms with E-state index in [0.717, 1.165) is 46.0 Å². The molecule has 0 unspecified atom stereocenters. The smallest absolute Gasteiger partial charge is 0.0626 e. The zero-order chi connectivity index (χ0) is 103. The summed E-state index contributed by atoms with van der Waals surface area (Å²) >= 11 is 0. The van der Waals surface area contributed by atoms with Gasteiger partial charge in [0.15, 0.2) is 0 Å². The van der Waals surface area contributed by atoms with E-state index in [1.54, 1.807) is 11.6 Å². The summed E-state index contributed by atoms with van der Waals surface area (Å²) in [5.74, 6) is -6.42. The highest BCUT2D eigenvalue weighted by atomic mass is 14.3. The summed E-state index contributed by atoms with van der Waals surface area (Å²) in [6.07, 6.45) is 0. The van der Waals surface area contributed by atoms with E-state index in [9.17, 15) is 0 Å². The molecule has 0 aliphatic heterocycles. The molecule has 8 aromatic rings. The molecule has 0 fully saturated rings. The maximum absolute atomic E-state index is 8.53. The second-order valence-electron chi connectivity index (χ2n) is 38.8. The van der Waals surface area contributed by atoms with Crippen LogP contribution in [0.1, 0.15) is 503 Å². The van der Waals surface area contributed by atoms with Crippen molar-refractivity contribution in [3.63, 3.8) is 0 Å². The molecule has 652 valence electrons. The van der Waals surface area contributed by atoms with Crippen LogP contribution in [0.2, 0.25) is 0 Å². The van der Waals surface area contributed by atoms with E-state index in [0.29, 0.717) is 28.4 Å². The van der Waals surface area contributed by atoms with Gasteiger partial charge in [-0.25, -0.2) is 0 Å². The fraction of sp³-hybridized carbons (Fsp3) is 0.579. The summed E-state index contributed by atoms with van der Waals surface area (Å²) in [7, 11) is 0. The highest BCUT2D eigenvalue weighted by Gasteiger charge is 2.28. The largest absolute Gasteiger partial charge is 0.0776 e. The summed E-state index contributed by atoms with van der Waals surface area (Å²) in [5.41, 5.74) is 17.4. The lowest BCUT2D eigenvalue weighted by molar-refractivity contribution is 0.530. The van der Waals surface area contributed by atoms with Gasteiger partial charge in [0.1, 0.15) is 0 Å². The number of aryl methyl sites for hydroxylation is 4. The van der Waals surface area contributed by atoms with E-state index in [4.69, 9.17) is 32.9 Å². The Bertz CT molecular complexity index is 4720. The fourth-order valence-electron chi connectivity index (χ4n) is 13.4. The zero-order valence-electron chi connectivity index (χ0n) is 98.0. The molecular formula is C114H196. The van der Waals surface area contributed by atoms with Crippen LogP contribution in [0, 0.1) is 27.6 Å². The summed E-state index contributed by atoms with van der Waals surface area (Å²) in [6.45, 7) is 64.4. The Kier molecular flexibility index (Phi) is 36.5. The molecule has 0 atom stereocenters. The van der Waals surface area contributed by atoms with Crippen LogP contribution in [0.25, 0.3) is 0 Å². The Morgan fingerprint density at radius 2 is 0.474 bits per heavy atom. The van der Waals surface area contributed by atoms with Gasteiger partial charge in [0, 0.05) is 26.0 Å². The Hall–Kier alpha value is -6.24. The highest BCUT2D eigenvalue weighted by Crippen LogP contribution is 2.41. The van der Waals surface area contributed by atoms with Gasteiger partial charge >= 0.3 is 0 Å². The number of rotatable bonds is 6. The molecule has 0 aliphatic carbocycles. The molecule has 0 radical (unpaired) electrons. The van der Waals surface area contributed by atoms with Crippen LogP contribution < -0.4 is 0 Å². The van der Waals surface area contributed by atoms with Crippen LogP contribution in [0.3, 0.4) is 0 Å². The first-order chi connectivity index (χ1) is 57.5. The first-order valence-corrected chi connectivity index (χ1v) is 38.3. The van der Waals surface area contributed by atoms with Crippen LogP contribution in [0.15, 0.2) is 176 Å². The molecule has 0 aliphatic rings. The van der Waals surface area contributed by atoms with Crippen molar-refractivity contribution in [2.24, 2.45) is 0 Å². The van der Waals surface area contributed by atoms with Crippen molar-refractivity contribution in [3.8, 4) is 0 Å². The van der Waals surface area contributed by atoms with Crippen molar-refractivity contribution in [1.29, 1.82) is 0 Å². The molecule has 0 N–H and O–H groups in total. The molecule has 0 spiro atoms. The van der Waals surface area contributed by atoms with Crippen molar-refractivity contribution in [2.45, 2.75) is 441 Å². The number of benzene rings is 8. The molecule has 8 rings (SSSR count). The molecule has 114 heavy (non-hydrogen) atoms. The summed E-state index contributed by atoms with van der Waals surface area (Å²) in [5, 5.41) is 0. The summed E-state index contributed by atoms with van der Waals surface area (Å²) in [6, 6.07) is 46.3. The summed E-state index contributed by atoms with van der Waals surface area (Å²) < 4.78 is 187. The van der Waals surface area contributed by atoms with Crippen LogP contribution in [0.4, 0.5) is 0 Å². The first-order valence-electron chi connectivity index (χ1n) is 50.3. The first kappa shape index (κ1) is 80.2. The predicted octanol–water partition coefficient (Wildman–Crippen LogP) is 38.2. The average molecular weight is 1590 g/mol. The second-order valence-corrected chi connectivity index (χ2v) is 38.8. The lowest BCUT2D eigenvalue weighted by Gasteiger charge is -2.29. The molecule has 0 heterocycles. The highest BCUT2D eigenvalue weighted by molar-refractivity contribution is 5.47. The van der Waals surface area contributed by atoms with Crippen molar-refractivity contribution >= 4 is 0 Å². The van der Waals surface area contributed by atoms with Gasteiger partial charge in [-0.15, -0.1) is 0 Å². The minimum absolute atomic E-state index is 0. The third-order valence-electron chi connectivity index (χ3n) is 18.1. The Morgan fingerprint density at radius 3 is 0.693 bits per heavy atom. The molecule has 0 heteroatoms. The zero-order valence-corrected chi connectivity index (χ0v) is 74.0. The van der Waals surface area contributed by atoms with Crippen molar-refractivity contribution in [2.75, 3.05) is 0 Å². The van der Waals surface area contributed by atoms with Gasteiger partial charge in [-0.2, -0.15) is 0 Å². The third kappa shape index (κ3) is 40.8. The predicted molar refractivity (Wildman–Crippen MR) is 537 cm³/mol. The topological polar surface area (TPSA) is 0 Å². The molecule has 0 nitrogen and oxygen atoms in total. The summed E-state index contributed by atoms with van der Waals surface area (Å²) in [4.78, 5) is 0. The van der Waals surface area contributed by atoms with E-state index in [2.05, 4.69) is 257 Å². The third-order valence-corrected chi connectivity index (χ3v) is 18.1. The van der Waals surface area contributed by atoms with Crippen LogP contribution in [0.5, 0.6) is 0 Å². The van der Waals surface area contributed by atoms with E-state index in [-0.39, 0.29) is 128 Å². The minimum atomic E-state index is -3.36. The Morgan fingerprint density at radius 1 is 0.237 bits per heavy atom. The van der Waals surface area contributed by atoms with E-state index in [1.165, 1.54) is 65.3 Å². The van der Waals surface area contributed by atoms with Crippen molar-refractivity contribution < 1.29 is 32.9 Å². The lowest BCUT2D eigenvalue weighted by Crippen LogP contribution is -2.21. The molecule has 0 saturated carbocycles. The maximum atomic E-state index is 8.53. The monoisotopic (exact) mass is 1590 g/mol. The van der Waals surface area contributed by atoms with E-state index < -0.39 is 79.8 Å². The second kappa shape index (κ2) is 51.8. The van der Waals surface area contributed by atoms with Gasteiger partial charge in [-0.05, 0) is 217 Å². The molecule has 8 aromatic carbocycles. The molecule has 0 bridgehead atoms. The lowest BCUT2D eigenvalue weighted by atomic mass is 9.75. The molecular weight excluding hydrogens is 1370 g/mol. The van der Waals surface area contributed by atoms with Crippen molar-refractivity contribution in [1.82, 2.24) is 0 Å². The SMILES string of the molecule is C.C.C.C.C.C.C.C.CC(C)(C)c1ccccc1.CC(C)(C)c1ccccc1C(C)(C)C.CC(C)c1cccc(C(C)C)c1C(C)(C)C.Cc1cccc(C)c1C(C)(C)C.[2H]C(C)(C)c1cccc(C([2H])(C)C)c1C(C)(C)C.[2H]C([2H])([2H])C([2H])(c1cccc(C([2H])(C([2H])([2H])[2H])C([2H])([2H])[2H])c1C(C)(C)C)C([2H])([2H])[2H].[2H]C([2H])([2H])c1cccc(C)c1C(C)(C)C.[2H]c1c([2H])c([2H])c(C(C)(C)C)c([2H])c1[2H]. The van der Waals surface area contributed by atoms with Gasteiger partial charge < -0.3 is 0 Å². The maximum Gasteiger partial charge on any atom is 0.0626 e. The average Bonchev–Trinajstić information content (AvgIpc) is 0.702. The minimum Gasteiger partial charge on any atom is -0.0776 e. The van der Waals surface area contributed by atoms with E-state index in [1.807, 2.05) is 106 Å². The van der Waals surface area contributed by atoms with Crippen LogP contribution >= 0.6 is 0 Å². The van der Waals surface area contributed by atoms with Gasteiger partial charge in [0.2, 0.25) is 0 Å². The normalized spacial score (nSPS) is 15.4. The molecule has 0 amide bonds. The fourth-order valence-corrected chi connectivity index (χ4v) is 13.4. The van der Waals surface area contributed by atoms with Crippen LogP contribution in [-0.4, -0.2) is 0 Å². The van der Waals surface area contributed by atoms with E-state index >= 15 is 0 Å². The Balaban J connectivity index is -0.000000236. The molecule has 0 aromatic heterocycles.